The minimum Gasteiger partial charge on any atom is -0.486 e. The highest BCUT2D eigenvalue weighted by atomic mass is 16.6. The van der Waals surface area contributed by atoms with Gasteiger partial charge < -0.3 is 9.84 Å². The second-order valence-electron chi connectivity index (χ2n) is 5.13. The Balaban J connectivity index is 1.75. The van der Waals surface area contributed by atoms with E-state index in [0.717, 1.165) is 6.42 Å². The van der Waals surface area contributed by atoms with Gasteiger partial charge in [-0.05, 0) is 35.2 Å². The van der Waals surface area contributed by atoms with Gasteiger partial charge in [-0.15, -0.1) is 0 Å². The van der Waals surface area contributed by atoms with E-state index in [9.17, 15) is 10.1 Å². The van der Waals surface area contributed by atoms with Crippen molar-refractivity contribution in [3.63, 3.8) is 0 Å². The van der Waals surface area contributed by atoms with Crippen molar-refractivity contribution in [3.8, 4) is 5.75 Å². The Kier molecular flexibility index (Phi) is 3.58. The van der Waals surface area contributed by atoms with E-state index in [4.69, 9.17) is 9.84 Å². The molecule has 5 nitrogen and oxygen atoms in total. The van der Waals surface area contributed by atoms with E-state index in [-0.39, 0.29) is 24.0 Å². The lowest BCUT2D eigenvalue weighted by atomic mass is 9.78. The molecule has 0 spiro atoms. The summed E-state index contributed by atoms with van der Waals surface area (Å²) in [4.78, 5) is 10.5. The topological polar surface area (TPSA) is 72.6 Å². The molecule has 1 atom stereocenters. The molecule has 2 aromatic rings. The van der Waals surface area contributed by atoms with Crippen molar-refractivity contribution in [2.45, 2.75) is 18.9 Å². The number of ether oxygens (including phenoxy) is 1. The second kappa shape index (κ2) is 5.54. The van der Waals surface area contributed by atoms with Crippen molar-refractivity contribution in [3.05, 3.63) is 69.3 Å². The van der Waals surface area contributed by atoms with Crippen LogP contribution in [0.2, 0.25) is 0 Å². The van der Waals surface area contributed by atoms with Crippen molar-refractivity contribution in [1.29, 1.82) is 0 Å². The molecule has 0 fully saturated rings. The van der Waals surface area contributed by atoms with E-state index >= 15 is 0 Å². The molecule has 0 radical (unpaired) electrons. The maximum absolute atomic E-state index is 11.0. The molecule has 0 aliphatic heterocycles. The molecule has 1 aliphatic rings. The van der Waals surface area contributed by atoms with Crippen LogP contribution in [-0.4, -0.2) is 16.6 Å². The zero-order valence-corrected chi connectivity index (χ0v) is 11.4. The van der Waals surface area contributed by atoms with Crippen LogP contribution < -0.4 is 4.74 Å². The Morgan fingerprint density at radius 2 is 2.10 bits per heavy atom. The number of nitro benzene ring substituents is 1. The second-order valence-corrected chi connectivity index (χ2v) is 5.13. The first-order chi connectivity index (χ1) is 10.2. The summed E-state index contributed by atoms with van der Waals surface area (Å²) in [6.07, 6.45) is 0.934. The van der Waals surface area contributed by atoms with Crippen molar-refractivity contribution in [1.82, 2.24) is 0 Å². The predicted molar refractivity (Wildman–Crippen MR) is 77.4 cm³/mol. The maximum Gasteiger partial charge on any atom is 0.310 e. The molecule has 0 aromatic heterocycles. The Labute approximate surface area is 122 Å². The molecule has 0 amide bonds. The lowest BCUT2D eigenvalue weighted by molar-refractivity contribution is -0.385. The minimum atomic E-state index is -0.467. The molecule has 21 heavy (non-hydrogen) atoms. The predicted octanol–water partition coefficient (Wildman–Crippen LogP) is 2.81. The summed E-state index contributed by atoms with van der Waals surface area (Å²) in [5.41, 5.74) is 3.09. The van der Waals surface area contributed by atoms with Crippen LogP contribution >= 0.6 is 0 Å². The van der Waals surface area contributed by atoms with Gasteiger partial charge in [-0.1, -0.05) is 24.3 Å². The van der Waals surface area contributed by atoms with Crippen molar-refractivity contribution < 1.29 is 14.8 Å². The third-order valence-electron chi connectivity index (χ3n) is 3.80. The van der Waals surface area contributed by atoms with Gasteiger partial charge in [0.25, 0.3) is 0 Å². The van der Waals surface area contributed by atoms with Crippen LogP contribution in [0.1, 0.15) is 22.6 Å². The van der Waals surface area contributed by atoms with Gasteiger partial charge >= 0.3 is 5.69 Å². The van der Waals surface area contributed by atoms with Crippen LogP contribution in [0.5, 0.6) is 5.75 Å². The van der Waals surface area contributed by atoms with Crippen molar-refractivity contribution >= 4 is 5.69 Å². The molecular weight excluding hydrogens is 270 g/mol. The summed E-state index contributed by atoms with van der Waals surface area (Å²) in [5.74, 6) is 0.495. The number of nitro groups is 1. The number of fused-ring (bicyclic) bond motifs is 1. The molecule has 0 saturated carbocycles. The molecule has 2 aromatic carbocycles. The van der Waals surface area contributed by atoms with Crippen LogP contribution in [0.15, 0.2) is 42.5 Å². The first-order valence-electron chi connectivity index (χ1n) is 6.78. The highest BCUT2D eigenvalue weighted by molar-refractivity contribution is 5.48. The van der Waals surface area contributed by atoms with Crippen LogP contribution in [0, 0.1) is 10.1 Å². The summed E-state index contributed by atoms with van der Waals surface area (Å²) in [5, 5.41) is 20.1. The van der Waals surface area contributed by atoms with Gasteiger partial charge in [0.1, 0.15) is 0 Å². The van der Waals surface area contributed by atoms with Crippen LogP contribution in [0.3, 0.4) is 0 Å². The van der Waals surface area contributed by atoms with Gasteiger partial charge in [0.05, 0.1) is 18.1 Å². The fourth-order valence-electron chi connectivity index (χ4n) is 2.63. The van der Waals surface area contributed by atoms with Crippen LogP contribution in [-0.2, 0) is 13.0 Å². The summed E-state index contributed by atoms with van der Waals surface area (Å²) >= 11 is 0. The summed E-state index contributed by atoms with van der Waals surface area (Å²) in [6, 6.07) is 12.6. The molecule has 1 N–H and O–H groups in total. The smallest absolute Gasteiger partial charge is 0.310 e. The van der Waals surface area contributed by atoms with Gasteiger partial charge in [0, 0.05) is 12.0 Å². The van der Waals surface area contributed by atoms with E-state index < -0.39 is 4.92 Å². The van der Waals surface area contributed by atoms with Crippen molar-refractivity contribution in [2.75, 3.05) is 6.61 Å². The third kappa shape index (κ3) is 2.60. The molecule has 3 rings (SSSR count). The molecule has 0 saturated heterocycles. The maximum atomic E-state index is 11.0. The van der Waals surface area contributed by atoms with Gasteiger partial charge in [0.2, 0.25) is 0 Å². The average molecular weight is 285 g/mol. The van der Waals surface area contributed by atoms with E-state index in [1.165, 1.54) is 29.3 Å². The molecule has 0 heterocycles. The standard InChI is InChI=1S/C16H15NO4/c18-9-11-5-6-15(17(19)20)16(7-11)21-10-13-8-12-3-1-2-4-14(12)13/h1-7,13,18H,8-10H2. The lowest BCUT2D eigenvalue weighted by Gasteiger charge is -2.29. The summed E-state index contributed by atoms with van der Waals surface area (Å²) in [7, 11) is 0. The largest absolute Gasteiger partial charge is 0.486 e. The first kappa shape index (κ1) is 13.6. The number of rotatable bonds is 5. The summed E-state index contributed by atoms with van der Waals surface area (Å²) in [6.45, 7) is 0.243. The van der Waals surface area contributed by atoms with Crippen molar-refractivity contribution in [2.24, 2.45) is 0 Å². The molecule has 0 bridgehead atoms. The molecule has 1 unspecified atom stereocenters. The number of nitrogens with zero attached hydrogens (tertiary/aromatic N) is 1. The molecular formula is C16H15NO4. The number of benzene rings is 2. The normalized spacial score (nSPS) is 16.0. The number of hydrogen-bond donors (Lipinski definition) is 1. The number of aliphatic hydroxyl groups is 1. The average Bonchev–Trinajstić information content (AvgIpc) is 2.47. The SMILES string of the molecule is O=[N+]([O-])c1ccc(CO)cc1OCC1Cc2ccccc21. The number of hydrogen-bond acceptors (Lipinski definition) is 4. The van der Waals surface area contributed by atoms with E-state index in [0.29, 0.717) is 12.2 Å². The van der Waals surface area contributed by atoms with Crippen LogP contribution in [0.25, 0.3) is 0 Å². The fraction of sp³-hybridized carbons (Fsp3) is 0.250. The zero-order valence-electron chi connectivity index (χ0n) is 11.4. The van der Waals surface area contributed by atoms with Gasteiger partial charge in [0.15, 0.2) is 5.75 Å². The highest BCUT2D eigenvalue weighted by Crippen LogP contribution is 2.36. The molecule has 108 valence electrons. The van der Waals surface area contributed by atoms with Gasteiger partial charge in [-0.25, -0.2) is 0 Å². The van der Waals surface area contributed by atoms with Gasteiger partial charge in [-0.2, -0.15) is 0 Å². The fourth-order valence-corrected chi connectivity index (χ4v) is 2.63. The lowest BCUT2D eigenvalue weighted by Crippen LogP contribution is -2.23. The van der Waals surface area contributed by atoms with E-state index in [2.05, 4.69) is 12.1 Å². The Bertz CT molecular complexity index is 684. The van der Waals surface area contributed by atoms with E-state index in [1.807, 2.05) is 12.1 Å². The van der Waals surface area contributed by atoms with E-state index in [1.54, 1.807) is 0 Å². The monoisotopic (exact) mass is 285 g/mol. The highest BCUT2D eigenvalue weighted by Gasteiger charge is 2.27. The minimum absolute atomic E-state index is 0.0696. The van der Waals surface area contributed by atoms with Crippen LogP contribution in [0.4, 0.5) is 5.69 Å². The Hall–Kier alpha value is -2.40. The quantitative estimate of drug-likeness (QED) is 0.677. The van der Waals surface area contributed by atoms with Gasteiger partial charge in [-0.3, -0.25) is 10.1 Å². The first-order valence-corrected chi connectivity index (χ1v) is 6.78. The Morgan fingerprint density at radius 3 is 2.81 bits per heavy atom. The molecule has 1 aliphatic carbocycles. The zero-order chi connectivity index (χ0) is 14.8. The Morgan fingerprint density at radius 1 is 1.29 bits per heavy atom. The number of aliphatic hydroxyl groups excluding tert-OH is 1. The molecule has 5 heteroatoms. The summed E-state index contributed by atoms with van der Waals surface area (Å²) < 4.78 is 5.65. The third-order valence-corrected chi connectivity index (χ3v) is 3.80.